The highest BCUT2D eigenvalue weighted by atomic mass is 32.2. The summed E-state index contributed by atoms with van der Waals surface area (Å²) in [7, 11) is -1.61. The Balaban J connectivity index is 1.43. The Morgan fingerprint density at radius 2 is 1.63 bits per heavy atom. The quantitative estimate of drug-likeness (QED) is 0.525. The van der Waals surface area contributed by atoms with Crippen molar-refractivity contribution in [3.63, 3.8) is 0 Å². The van der Waals surface area contributed by atoms with Crippen LogP contribution in [0, 0.1) is 5.92 Å². The maximum Gasteiger partial charge on any atom is 0.243 e. The number of hydrogen-bond acceptors (Lipinski definition) is 3. The second-order valence-electron chi connectivity index (χ2n) is 7.81. The van der Waals surface area contributed by atoms with Gasteiger partial charge in [-0.25, -0.2) is 8.42 Å². The van der Waals surface area contributed by atoms with Gasteiger partial charge in [-0.15, -0.1) is 0 Å². The zero-order valence-corrected chi connectivity index (χ0v) is 18.6. The van der Waals surface area contributed by atoms with Gasteiger partial charge in [0.2, 0.25) is 10.0 Å². The smallest absolute Gasteiger partial charge is 0.243 e. The predicted octanol–water partition coefficient (Wildman–Crippen LogP) is 3.06. The number of sulfonamides is 1. The van der Waals surface area contributed by atoms with Gasteiger partial charge in [-0.05, 0) is 42.4 Å². The molecule has 0 aliphatic carbocycles. The van der Waals surface area contributed by atoms with Crippen molar-refractivity contribution in [2.45, 2.75) is 30.6 Å². The number of nitrogens with zero attached hydrogens (tertiary/aromatic N) is 2. The van der Waals surface area contributed by atoms with Crippen LogP contribution in [-0.2, 0) is 10.0 Å². The van der Waals surface area contributed by atoms with Crippen molar-refractivity contribution < 1.29 is 8.42 Å². The summed E-state index contributed by atoms with van der Waals surface area (Å²) in [6.07, 6.45) is 1.69. The molecule has 0 saturated carbocycles. The highest BCUT2D eigenvalue weighted by molar-refractivity contribution is 7.89. The molecule has 7 heteroatoms. The lowest BCUT2D eigenvalue weighted by Crippen LogP contribution is -2.44. The molecule has 0 bridgehead atoms. The van der Waals surface area contributed by atoms with Crippen LogP contribution in [0.4, 0.5) is 0 Å². The molecule has 162 valence electrons. The molecule has 1 unspecified atom stereocenters. The average Bonchev–Trinajstić information content (AvgIpc) is 2.80. The summed E-state index contributed by atoms with van der Waals surface area (Å²) in [5, 5.41) is 6.80. The van der Waals surface area contributed by atoms with Crippen molar-refractivity contribution in [1.82, 2.24) is 14.9 Å². The summed E-state index contributed by atoms with van der Waals surface area (Å²) in [5.74, 6) is 1.60. The lowest BCUT2D eigenvalue weighted by Gasteiger charge is -2.31. The van der Waals surface area contributed by atoms with E-state index >= 15 is 0 Å². The Hall–Kier alpha value is -2.38. The molecule has 0 amide bonds. The topological polar surface area (TPSA) is 73.8 Å². The van der Waals surface area contributed by atoms with E-state index in [1.807, 2.05) is 12.1 Å². The van der Waals surface area contributed by atoms with Gasteiger partial charge in [0.15, 0.2) is 5.96 Å². The van der Waals surface area contributed by atoms with Crippen LogP contribution in [0.5, 0.6) is 0 Å². The van der Waals surface area contributed by atoms with Gasteiger partial charge in [0.05, 0.1) is 4.90 Å². The molecule has 0 radical (unpaired) electrons. The van der Waals surface area contributed by atoms with Gasteiger partial charge < -0.3 is 10.6 Å². The normalized spacial score (nSPS) is 17.5. The first kappa shape index (κ1) is 22.3. The van der Waals surface area contributed by atoms with E-state index < -0.39 is 10.0 Å². The third kappa shape index (κ3) is 5.83. The zero-order valence-electron chi connectivity index (χ0n) is 17.8. The number of aliphatic imine (C=N–C) groups is 1. The number of piperidine rings is 1. The zero-order chi connectivity index (χ0) is 21.4. The predicted molar refractivity (Wildman–Crippen MR) is 122 cm³/mol. The van der Waals surface area contributed by atoms with Crippen molar-refractivity contribution >= 4 is 16.0 Å². The molecule has 1 saturated heterocycles. The standard InChI is InChI=1S/C23H32N4O2S/c1-19(21-9-5-3-6-10-21)17-25-23(24-2)26-18-20-13-15-27(16-14-20)30(28,29)22-11-7-4-8-12-22/h3-12,19-20H,13-18H2,1-2H3,(H2,24,25,26). The van der Waals surface area contributed by atoms with Gasteiger partial charge in [0.25, 0.3) is 0 Å². The van der Waals surface area contributed by atoms with Crippen LogP contribution in [0.1, 0.15) is 31.2 Å². The molecule has 1 fully saturated rings. The molecule has 2 aromatic carbocycles. The van der Waals surface area contributed by atoms with Gasteiger partial charge in [-0.2, -0.15) is 4.31 Å². The minimum absolute atomic E-state index is 0.374. The SMILES string of the molecule is CN=C(NCC1CCN(S(=O)(=O)c2ccccc2)CC1)NCC(C)c1ccccc1. The van der Waals surface area contributed by atoms with E-state index in [1.54, 1.807) is 35.6 Å². The van der Waals surface area contributed by atoms with Crippen LogP contribution in [0.25, 0.3) is 0 Å². The molecule has 1 aliphatic rings. The van der Waals surface area contributed by atoms with Crippen molar-refractivity contribution in [3.05, 3.63) is 66.2 Å². The average molecular weight is 429 g/mol. The Labute approximate surface area is 180 Å². The number of benzene rings is 2. The monoisotopic (exact) mass is 428 g/mol. The Kier molecular flexibility index (Phi) is 7.87. The lowest BCUT2D eigenvalue weighted by molar-refractivity contribution is 0.273. The van der Waals surface area contributed by atoms with Crippen LogP contribution in [-0.4, -0.2) is 51.9 Å². The molecule has 1 aliphatic heterocycles. The highest BCUT2D eigenvalue weighted by Gasteiger charge is 2.29. The summed E-state index contributed by atoms with van der Waals surface area (Å²) in [5.41, 5.74) is 1.30. The van der Waals surface area contributed by atoms with E-state index in [2.05, 4.69) is 46.8 Å². The molecule has 2 aromatic rings. The van der Waals surface area contributed by atoms with Gasteiger partial charge in [-0.1, -0.05) is 55.5 Å². The maximum absolute atomic E-state index is 12.8. The van der Waals surface area contributed by atoms with Gasteiger partial charge >= 0.3 is 0 Å². The Morgan fingerprint density at radius 1 is 1.03 bits per heavy atom. The number of nitrogens with one attached hydrogen (secondary N) is 2. The van der Waals surface area contributed by atoms with Crippen LogP contribution in [0.3, 0.4) is 0 Å². The van der Waals surface area contributed by atoms with Crippen LogP contribution in [0.15, 0.2) is 70.6 Å². The Bertz CT molecular complexity index is 909. The third-order valence-corrected chi connectivity index (χ3v) is 7.59. The Morgan fingerprint density at radius 3 is 2.23 bits per heavy atom. The van der Waals surface area contributed by atoms with Gasteiger partial charge in [-0.3, -0.25) is 4.99 Å². The molecular weight excluding hydrogens is 396 g/mol. The summed E-state index contributed by atoms with van der Waals surface area (Å²) >= 11 is 0. The first-order valence-corrected chi connectivity index (χ1v) is 12.0. The molecule has 3 rings (SSSR count). The fourth-order valence-corrected chi connectivity index (χ4v) is 5.20. The van der Waals surface area contributed by atoms with E-state index in [0.29, 0.717) is 29.8 Å². The summed E-state index contributed by atoms with van der Waals surface area (Å²) in [6, 6.07) is 19.1. The molecule has 30 heavy (non-hydrogen) atoms. The first-order valence-electron chi connectivity index (χ1n) is 10.6. The molecule has 1 atom stereocenters. The minimum Gasteiger partial charge on any atom is -0.356 e. The molecule has 6 nitrogen and oxygen atoms in total. The van der Waals surface area contributed by atoms with Crippen molar-refractivity contribution in [2.75, 3.05) is 33.2 Å². The maximum atomic E-state index is 12.8. The molecule has 2 N–H and O–H groups in total. The first-order chi connectivity index (χ1) is 14.5. The van der Waals surface area contributed by atoms with Crippen molar-refractivity contribution in [2.24, 2.45) is 10.9 Å². The minimum atomic E-state index is -3.39. The van der Waals surface area contributed by atoms with Crippen molar-refractivity contribution in [3.8, 4) is 0 Å². The van der Waals surface area contributed by atoms with E-state index in [4.69, 9.17) is 0 Å². The second-order valence-corrected chi connectivity index (χ2v) is 9.74. The number of hydrogen-bond donors (Lipinski definition) is 2. The van der Waals surface area contributed by atoms with Gasteiger partial charge in [0.1, 0.15) is 0 Å². The van der Waals surface area contributed by atoms with Crippen LogP contribution >= 0.6 is 0 Å². The third-order valence-electron chi connectivity index (χ3n) is 5.68. The lowest BCUT2D eigenvalue weighted by atomic mass is 9.98. The molecule has 0 aromatic heterocycles. The summed E-state index contributed by atoms with van der Waals surface area (Å²) in [4.78, 5) is 4.69. The number of rotatable bonds is 7. The second kappa shape index (κ2) is 10.6. The summed E-state index contributed by atoms with van der Waals surface area (Å²) in [6.45, 7) is 4.90. The fourth-order valence-electron chi connectivity index (χ4n) is 3.71. The van der Waals surface area contributed by atoms with E-state index in [1.165, 1.54) is 5.56 Å². The summed E-state index contributed by atoms with van der Waals surface area (Å²) < 4.78 is 27.1. The van der Waals surface area contributed by atoms with Crippen LogP contribution < -0.4 is 10.6 Å². The van der Waals surface area contributed by atoms with Crippen molar-refractivity contribution in [1.29, 1.82) is 0 Å². The highest BCUT2D eigenvalue weighted by Crippen LogP contribution is 2.23. The molecular formula is C23H32N4O2S. The fraction of sp³-hybridized carbons (Fsp3) is 0.435. The van der Waals surface area contributed by atoms with Crippen LogP contribution in [0.2, 0.25) is 0 Å². The van der Waals surface area contributed by atoms with Gasteiger partial charge in [0, 0.05) is 33.2 Å². The molecule has 1 heterocycles. The number of guanidine groups is 1. The largest absolute Gasteiger partial charge is 0.356 e. The molecule has 0 spiro atoms. The van der Waals surface area contributed by atoms with E-state index in [0.717, 1.165) is 31.9 Å². The van der Waals surface area contributed by atoms with E-state index in [9.17, 15) is 8.42 Å². The van der Waals surface area contributed by atoms with E-state index in [-0.39, 0.29) is 0 Å².